The van der Waals surface area contributed by atoms with Crippen LogP contribution in [0.1, 0.15) is 31.2 Å². The smallest absolute Gasteiger partial charge is 0.427 e. The SMILES string of the molecule is CNC1CC2(CCN(C(=O)OC(COCc3ccc(OC)cc3)C(F)(F)F)CC2)C1. The van der Waals surface area contributed by atoms with Gasteiger partial charge >= 0.3 is 12.3 Å². The molecule has 1 atom stereocenters. The first-order valence-corrected chi connectivity index (χ1v) is 10.1. The van der Waals surface area contributed by atoms with E-state index in [1.807, 2.05) is 7.05 Å². The molecule has 1 aromatic carbocycles. The second-order valence-electron chi connectivity index (χ2n) is 8.16. The number of hydrogen-bond acceptors (Lipinski definition) is 5. The van der Waals surface area contributed by atoms with Gasteiger partial charge in [-0.1, -0.05) is 12.1 Å². The van der Waals surface area contributed by atoms with Gasteiger partial charge in [0.2, 0.25) is 6.10 Å². The van der Waals surface area contributed by atoms with Crippen LogP contribution in [-0.2, 0) is 16.1 Å². The number of hydrogen-bond donors (Lipinski definition) is 1. The second-order valence-corrected chi connectivity index (χ2v) is 8.16. The van der Waals surface area contributed by atoms with E-state index in [0.717, 1.165) is 25.7 Å². The van der Waals surface area contributed by atoms with E-state index in [0.29, 0.717) is 30.4 Å². The molecule has 3 rings (SSSR count). The number of benzene rings is 1. The average Bonchev–Trinajstić information content (AvgIpc) is 2.71. The first kappa shape index (κ1) is 22.7. The molecule has 1 saturated carbocycles. The number of rotatable bonds is 7. The van der Waals surface area contributed by atoms with Crippen LogP contribution in [0.15, 0.2) is 24.3 Å². The summed E-state index contributed by atoms with van der Waals surface area (Å²) in [6, 6.07) is 7.31. The molecule has 1 spiro atoms. The molecule has 2 aliphatic rings. The van der Waals surface area contributed by atoms with Gasteiger partial charge in [0.15, 0.2) is 0 Å². The first-order valence-electron chi connectivity index (χ1n) is 10.1. The second kappa shape index (κ2) is 9.43. The molecule has 9 heteroatoms. The van der Waals surface area contributed by atoms with Crippen LogP contribution in [0, 0.1) is 5.41 Å². The number of nitrogens with one attached hydrogen (secondary N) is 1. The maximum atomic E-state index is 13.3. The summed E-state index contributed by atoms with van der Waals surface area (Å²) in [5, 5.41) is 3.24. The molecule has 2 fully saturated rings. The molecule has 1 amide bonds. The highest BCUT2D eigenvalue weighted by Gasteiger charge is 2.47. The number of nitrogens with zero attached hydrogens (tertiary/aromatic N) is 1. The van der Waals surface area contributed by atoms with E-state index in [1.54, 1.807) is 24.3 Å². The summed E-state index contributed by atoms with van der Waals surface area (Å²) in [5.74, 6) is 0.646. The molecule has 1 unspecified atom stereocenters. The van der Waals surface area contributed by atoms with Gasteiger partial charge in [-0.3, -0.25) is 0 Å². The predicted octanol–water partition coefficient (Wildman–Crippen LogP) is 3.74. The molecule has 1 N–H and O–H groups in total. The lowest BCUT2D eigenvalue weighted by Gasteiger charge is -2.52. The Hall–Kier alpha value is -2.00. The predicted molar refractivity (Wildman–Crippen MR) is 104 cm³/mol. The molecule has 0 aromatic heterocycles. The van der Waals surface area contributed by atoms with Crippen molar-refractivity contribution < 1.29 is 32.2 Å². The summed E-state index contributed by atoms with van der Waals surface area (Å²) >= 11 is 0. The van der Waals surface area contributed by atoms with Crippen molar-refractivity contribution in [3.8, 4) is 5.75 Å². The third-order valence-corrected chi connectivity index (χ3v) is 6.15. The largest absolute Gasteiger partial charge is 0.497 e. The summed E-state index contributed by atoms with van der Waals surface area (Å²) < 4.78 is 55.0. The Labute approximate surface area is 174 Å². The quantitative estimate of drug-likeness (QED) is 0.714. The van der Waals surface area contributed by atoms with Crippen molar-refractivity contribution in [1.29, 1.82) is 0 Å². The molecule has 168 valence electrons. The van der Waals surface area contributed by atoms with Crippen molar-refractivity contribution in [1.82, 2.24) is 10.2 Å². The van der Waals surface area contributed by atoms with Gasteiger partial charge < -0.3 is 24.4 Å². The molecule has 1 aliphatic heterocycles. The van der Waals surface area contributed by atoms with Gasteiger partial charge in [0.05, 0.1) is 20.3 Å². The van der Waals surface area contributed by atoms with Gasteiger partial charge in [0.1, 0.15) is 5.75 Å². The third kappa shape index (κ3) is 5.57. The Morgan fingerprint density at radius 2 is 1.87 bits per heavy atom. The highest BCUT2D eigenvalue weighted by atomic mass is 19.4. The van der Waals surface area contributed by atoms with E-state index in [-0.39, 0.29) is 12.0 Å². The Morgan fingerprint density at radius 1 is 1.23 bits per heavy atom. The Balaban J connectivity index is 1.46. The third-order valence-electron chi connectivity index (χ3n) is 6.15. The molecule has 6 nitrogen and oxygen atoms in total. The molecule has 1 heterocycles. The molecule has 1 aromatic rings. The van der Waals surface area contributed by atoms with Crippen LogP contribution in [-0.4, -0.2) is 63.2 Å². The fourth-order valence-corrected chi connectivity index (χ4v) is 4.16. The van der Waals surface area contributed by atoms with Crippen LogP contribution in [0.25, 0.3) is 0 Å². The normalized spacial score (nSPS) is 20.0. The lowest BCUT2D eigenvalue weighted by Crippen LogP contribution is -2.54. The van der Waals surface area contributed by atoms with Gasteiger partial charge in [0, 0.05) is 19.1 Å². The molecule has 1 aliphatic carbocycles. The number of likely N-dealkylation sites (tertiary alicyclic amines) is 1. The topological polar surface area (TPSA) is 60.0 Å². The summed E-state index contributed by atoms with van der Waals surface area (Å²) in [6.45, 7) is 0.0784. The van der Waals surface area contributed by atoms with Crippen LogP contribution in [0.2, 0.25) is 0 Å². The minimum absolute atomic E-state index is 0.0208. The zero-order valence-corrected chi connectivity index (χ0v) is 17.3. The van der Waals surface area contributed by atoms with Crippen molar-refractivity contribution in [3.63, 3.8) is 0 Å². The zero-order chi connectivity index (χ0) is 21.8. The summed E-state index contributed by atoms with van der Waals surface area (Å²) in [4.78, 5) is 13.7. The maximum Gasteiger partial charge on any atom is 0.427 e. The molecule has 30 heavy (non-hydrogen) atoms. The minimum atomic E-state index is -4.69. The van der Waals surface area contributed by atoms with Gasteiger partial charge in [-0.05, 0) is 55.8 Å². The molecule has 0 bridgehead atoms. The number of carbonyl (C=O) groups excluding carboxylic acids is 1. The van der Waals surface area contributed by atoms with Crippen LogP contribution in [0.3, 0.4) is 0 Å². The van der Waals surface area contributed by atoms with Crippen molar-refractivity contribution in [2.75, 3.05) is 33.9 Å². The number of amides is 1. The monoisotopic (exact) mass is 430 g/mol. The van der Waals surface area contributed by atoms with E-state index in [1.165, 1.54) is 12.0 Å². The van der Waals surface area contributed by atoms with Gasteiger partial charge in [-0.2, -0.15) is 13.2 Å². The van der Waals surface area contributed by atoms with Gasteiger partial charge in [-0.15, -0.1) is 0 Å². The highest BCUT2D eigenvalue weighted by Crippen LogP contribution is 2.49. The van der Waals surface area contributed by atoms with Crippen LogP contribution >= 0.6 is 0 Å². The molecule has 1 saturated heterocycles. The van der Waals surface area contributed by atoms with E-state index in [9.17, 15) is 18.0 Å². The van der Waals surface area contributed by atoms with Crippen LogP contribution < -0.4 is 10.1 Å². The number of carbonyl (C=O) groups is 1. The maximum absolute atomic E-state index is 13.3. The highest BCUT2D eigenvalue weighted by molar-refractivity contribution is 5.68. The number of methoxy groups -OCH3 is 1. The molecular weight excluding hydrogens is 401 g/mol. The number of halogens is 3. The number of ether oxygens (including phenoxy) is 3. The fourth-order valence-electron chi connectivity index (χ4n) is 4.16. The summed E-state index contributed by atoms with van der Waals surface area (Å²) in [7, 11) is 3.46. The van der Waals surface area contributed by atoms with E-state index in [2.05, 4.69) is 5.32 Å². The standard InChI is InChI=1S/C21H29F3N2O4/c1-25-16-11-20(12-16)7-9-26(10-8-20)19(27)30-18(21(22,23)24)14-29-13-15-3-5-17(28-2)6-4-15/h3-6,16,18,25H,7-14H2,1-2H3. The van der Waals surface area contributed by atoms with Crippen molar-refractivity contribution in [2.45, 2.75) is 50.6 Å². The lowest BCUT2D eigenvalue weighted by molar-refractivity contribution is -0.220. The van der Waals surface area contributed by atoms with E-state index >= 15 is 0 Å². The minimum Gasteiger partial charge on any atom is -0.497 e. The Kier molecular flexibility index (Phi) is 7.13. The summed E-state index contributed by atoms with van der Waals surface area (Å²) in [6.07, 6.45) is -4.22. The fraction of sp³-hybridized carbons (Fsp3) is 0.667. The molecule has 0 radical (unpaired) electrons. The lowest BCUT2D eigenvalue weighted by atomic mass is 9.60. The van der Waals surface area contributed by atoms with Gasteiger partial charge in [-0.25, -0.2) is 4.79 Å². The average molecular weight is 430 g/mol. The van der Waals surface area contributed by atoms with Gasteiger partial charge in [0.25, 0.3) is 0 Å². The number of alkyl halides is 3. The van der Waals surface area contributed by atoms with Crippen molar-refractivity contribution >= 4 is 6.09 Å². The van der Waals surface area contributed by atoms with Crippen LogP contribution in [0.5, 0.6) is 5.75 Å². The number of piperidine rings is 1. The van der Waals surface area contributed by atoms with E-state index < -0.39 is 25.0 Å². The zero-order valence-electron chi connectivity index (χ0n) is 17.3. The van der Waals surface area contributed by atoms with Crippen LogP contribution in [0.4, 0.5) is 18.0 Å². The Morgan fingerprint density at radius 3 is 2.40 bits per heavy atom. The van der Waals surface area contributed by atoms with E-state index in [4.69, 9.17) is 14.2 Å². The molecular formula is C21H29F3N2O4. The van der Waals surface area contributed by atoms with Crippen molar-refractivity contribution in [2.24, 2.45) is 5.41 Å². The van der Waals surface area contributed by atoms with Crippen molar-refractivity contribution in [3.05, 3.63) is 29.8 Å². The summed E-state index contributed by atoms with van der Waals surface area (Å²) in [5.41, 5.74) is 0.916. The first-order chi connectivity index (χ1) is 14.2. The Bertz CT molecular complexity index is 695.